The van der Waals surface area contributed by atoms with Gasteiger partial charge in [0, 0.05) is 6.20 Å². The summed E-state index contributed by atoms with van der Waals surface area (Å²) in [5.74, 6) is -1.32. The highest BCUT2D eigenvalue weighted by atomic mass is 35.5. The summed E-state index contributed by atoms with van der Waals surface area (Å²) in [6.07, 6.45) is -2.57. The molecule has 1 aliphatic rings. The molecule has 0 bridgehead atoms. The predicted octanol–water partition coefficient (Wildman–Crippen LogP) is 4.40. The maximum absolute atomic E-state index is 15.8. The van der Waals surface area contributed by atoms with Crippen molar-refractivity contribution in [2.24, 2.45) is 0 Å². The summed E-state index contributed by atoms with van der Waals surface area (Å²) in [5, 5.41) is 0.726. The van der Waals surface area contributed by atoms with Gasteiger partial charge in [0.15, 0.2) is 18.5 Å². The van der Waals surface area contributed by atoms with Gasteiger partial charge in [0.25, 0.3) is 0 Å². The summed E-state index contributed by atoms with van der Waals surface area (Å²) in [6, 6.07) is 18.2. The maximum Gasteiger partial charge on any atom is 0.338 e. The summed E-state index contributed by atoms with van der Waals surface area (Å²) >= 11 is 6.12. The molecular weight excluding hydrogens is 477 g/mol. The van der Waals surface area contributed by atoms with E-state index in [4.69, 9.17) is 25.8 Å². The highest BCUT2D eigenvalue weighted by Gasteiger charge is 2.49. The number of hydrogen-bond donors (Lipinski definition) is 0. The van der Waals surface area contributed by atoms with Gasteiger partial charge in [0.1, 0.15) is 29.8 Å². The average molecular weight is 496 g/mol. The summed E-state index contributed by atoms with van der Waals surface area (Å²) in [7, 11) is 0. The molecule has 8 nitrogen and oxygen atoms in total. The van der Waals surface area contributed by atoms with Gasteiger partial charge in [-0.05, 0) is 30.3 Å². The lowest BCUT2D eigenvalue weighted by Crippen LogP contribution is -2.37. The van der Waals surface area contributed by atoms with Crippen molar-refractivity contribution in [3.05, 3.63) is 95.5 Å². The third-order valence-electron chi connectivity index (χ3n) is 5.64. The molecule has 3 heterocycles. The zero-order valence-electron chi connectivity index (χ0n) is 18.2. The van der Waals surface area contributed by atoms with E-state index in [1.165, 1.54) is 10.9 Å². The number of ether oxygens (including phenoxy) is 3. The summed E-state index contributed by atoms with van der Waals surface area (Å²) in [4.78, 5) is 33.3. The predicted molar refractivity (Wildman–Crippen MR) is 124 cm³/mol. The fourth-order valence-corrected chi connectivity index (χ4v) is 4.11. The molecule has 0 amide bonds. The second kappa shape index (κ2) is 9.81. The van der Waals surface area contributed by atoms with Crippen LogP contribution in [0.15, 0.2) is 79.3 Å². The number of benzene rings is 2. The number of esters is 2. The first-order valence-corrected chi connectivity index (χ1v) is 11.2. The van der Waals surface area contributed by atoms with Crippen LogP contribution < -0.4 is 0 Å². The molecular formula is C25H19ClFN3O5. The van der Waals surface area contributed by atoms with Crippen LogP contribution in [0.25, 0.3) is 11.0 Å². The Labute approximate surface area is 204 Å². The SMILES string of the molecule is O=C(OC[C@H]1O[C@@H](n2ccc3c(Cl)ncnc32)[C@H](F)[C@@H]1OC(=O)c1ccccc1)c1ccccc1. The van der Waals surface area contributed by atoms with Crippen LogP contribution in [0.1, 0.15) is 26.9 Å². The molecule has 1 fully saturated rings. The van der Waals surface area contributed by atoms with Gasteiger partial charge in [-0.15, -0.1) is 0 Å². The molecule has 5 rings (SSSR count). The number of carbonyl (C=O) groups excluding carboxylic acids is 2. The number of carbonyl (C=O) groups is 2. The Morgan fingerprint density at radius 2 is 1.63 bits per heavy atom. The lowest BCUT2D eigenvalue weighted by atomic mass is 10.1. The number of fused-ring (bicyclic) bond motifs is 1. The molecule has 0 N–H and O–H groups in total. The van der Waals surface area contributed by atoms with Crippen molar-refractivity contribution < 1.29 is 28.2 Å². The van der Waals surface area contributed by atoms with E-state index in [2.05, 4.69) is 9.97 Å². The highest BCUT2D eigenvalue weighted by molar-refractivity contribution is 6.33. The Bertz CT molecular complexity index is 1350. The zero-order valence-corrected chi connectivity index (χ0v) is 18.9. The average Bonchev–Trinajstić information content (AvgIpc) is 3.45. The Kier molecular flexibility index (Phi) is 6.43. The normalized spacial score (nSPS) is 21.7. The van der Waals surface area contributed by atoms with E-state index in [1.807, 2.05) is 0 Å². The van der Waals surface area contributed by atoms with Crippen molar-refractivity contribution in [3.8, 4) is 0 Å². The monoisotopic (exact) mass is 495 g/mol. The first-order chi connectivity index (χ1) is 17.0. The molecule has 2 aromatic heterocycles. The van der Waals surface area contributed by atoms with E-state index in [1.54, 1.807) is 72.9 Å². The van der Waals surface area contributed by atoms with Crippen molar-refractivity contribution >= 4 is 34.6 Å². The molecule has 4 aromatic rings. The maximum atomic E-state index is 15.8. The first kappa shape index (κ1) is 22.9. The van der Waals surface area contributed by atoms with Gasteiger partial charge in [-0.2, -0.15) is 0 Å². The van der Waals surface area contributed by atoms with E-state index in [-0.39, 0.29) is 17.3 Å². The van der Waals surface area contributed by atoms with Gasteiger partial charge >= 0.3 is 11.9 Å². The van der Waals surface area contributed by atoms with Crippen LogP contribution in [0, 0.1) is 0 Å². The number of aromatic nitrogens is 3. The summed E-state index contributed by atoms with van der Waals surface area (Å²) in [6.45, 7) is -0.327. The van der Waals surface area contributed by atoms with Crippen LogP contribution in [0.5, 0.6) is 0 Å². The van der Waals surface area contributed by atoms with Gasteiger partial charge in [-0.3, -0.25) is 0 Å². The van der Waals surface area contributed by atoms with Gasteiger partial charge < -0.3 is 18.8 Å². The summed E-state index contributed by atoms with van der Waals surface area (Å²) in [5.41, 5.74) is 0.946. The zero-order chi connectivity index (χ0) is 24.4. The molecule has 0 spiro atoms. The number of rotatable bonds is 6. The molecule has 1 aliphatic heterocycles. The Morgan fingerprint density at radius 3 is 2.31 bits per heavy atom. The number of nitrogens with zero attached hydrogens (tertiary/aromatic N) is 3. The van der Waals surface area contributed by atoms with Crippen molar-refractivity contribution in [2.45, 2.75) is 24.6 Å². The number of halogens is 2. The minimum absolute atomic E-state index is 0.211. The molecule has 0 unspecified atom stereocenters. The molecule has 10 heteroatoms. The smallest absolute Gasteiger partial charge is 0.338 e. The highest BCUT2D eigenvalue weighted by Crippen LogP contribution is 2.37. The molecule has 0 radical (unpaired) electrons. The fourth-order valence-electron chi connectivity index (χ4n) is 3.92. The third kappa shape index (κ3) is 4.60. The van der Waals surface area contributed by atoms with Gasteiger partial charge in [-0.1, -0.05) is 48.0 Å². The Morgan fingerprint density at radius 1 is 0.971 bits per heavy atom. The molecule has 0 aliphatic carbocycles. The largest absolute Gasteiger partial charge is 0.459 e. The molecule has 4 atom stereocenters. The van der Waals surface area contributed by atoms with Crippen LogP contribution >= 0.6 is 11.6 Å². The molecule has 2 aromatic carbocycles. The van der Waals surface area contributed by atoms with Gasteiger partial charge in [-0.25, -0.2) is 23.9 Å². The van der Waals surface area contributed by atoms with E-state index in [0.717, 1.165) is 0 Å². The quantitative estimate of drug-likeness (QED) is 0.289. The molecule has 178 valence electrons. The van der Waals surface area contributed by atoms with Crippen LogP contribution in [0.4, 0.5) is 4.39 Å². The van der Waals surface area contributed by atoms with Crippen LogP contribution in [-0.2, 0) is 14.2 Å². The lowest BCUT2D eigenvalue weighted by molar-refractivity contribution is -0.0568. The Balaban J connectivity index is 1.40. The van der Waals surface area contributed by atoms with Gasteiger partial charge in [0.05, 0.1) is 16.5 Å². The molecule has 0 saturated carbocycles. The van der Waals surface area contributed by atoms with E-state index in [9.17, 15) is 9.59 Å². The number of alkyl halides is 1. The number of hydrogen-bond acceptors (Lipinski definition) is 7. The fraction of sp³-hybridized carbons (Fsp3) is 0.200. The van der Waals surface area contributed by atoms with Gasteiger partial charge in [0.2, 0.25) is 0 Å². The van der Waals surface area contributed by atoms with E-state index in [0.29, 0.717) is 16.6 Å². The third-order valence-corrected chi connectivity index (χ3v) is 5.94. The minimum atomic E-state index is -1.78. The molecule has 35 heavy (non-hydrogen) atoms. The van der Waals surface area contributed by atoms with Crippen LogP contribution in [0.3, 0.4) is 0 Å². The van der Waals surface area contributed by atoms with Crippen molar-refractivity contribution in [1.82, 2.24) is 14.5 Å². The van der Waals surface area contributed by atoms with E-state index < -0.39 is 36.5 Å². The molecule has 1 saturated heterocycles. The second-order valence-corrected chi connectivity index (χ2v) is 8.19. The summed E-state index contributed by atoms with van der Waals surface area (Å²) < 4.78 is 34.1. The van der Waals surface area contributed by atoms with Crippen LogP contribution in [-0.4, -0.2) is 51.5 Å². The topological polar surface area (TPSA) is 92.5 Å². The van der Waals surface area contributed by atoms with Crippen molar-refractivity contribution in [3.63, 3.8) is 0 Å². The van der Waals surface area contributed by atoms with Crippen molar-refractivity contribution in [1.29, 1.82) is 0 Å². The van der Waals surface area contributed by atoms with Crippen molar-refractivity contribution in [2.75, 3.05) is 6.61 Å². The standard InChI is InChI=1S/C25H19ClFN3O5/c26-21-17-11-12-30(22(17)29-14-28-21)23-19(27)20(35-25(32)16-9-5-2-6-10-16)18(34-23)13-33-24(31)15-7-3-1-4-8-15/h1-12,14,18-20,23H,13H2/t18-,19-,20-,23-/m1/s1. The van der Waals surface area contributed by atoms with Crippen LogP contribution in [0.2, 0.25) is 5.15 Å². The lowest BCUT2D eigenvalue weighted by Gasteiger charge is -2.19. The Hall–Kier alpha value is -3.82. The first-order valence-electron chi connectivity index (χ1n) is 10.8. The second-order valence-electron chi connectivity index (χ2n) is 7.83. The van der Waals surface area contributed by atoms with E-state index >= 15 is 4.39 Å². The minimum Gasteiger partial charge on any atom is -0.459 e.